The smallest absolute Gasteiger partial charge is 0.352 e. The van der Waals surface area contributed by atoms with Crippen molar-refractivity contribution < 1.29 is 19.0 Å². The fourth-order valence-electron chi connectivity index (χ4n) is 1.48. The molecule has 2 N–H and O–H groups in total. The van der Waals surface area contributed by atoms with Crippen molar-refractivity contribution in [3.8, 4) is 5.75 Å². The first kappa shape index (κ1) is 12.8. The number of carboxylic acid groups (broad SMARTS) is 1. The van der Waals surface area contributed by atoms with Gasteiger partial charge in [-0.15, -0.1) is 0 Å². The van der Waals surface area contributed by atoms with Crippen LogP contribution in [0.5, 0.6) is 5.75 Å². The zero-order valence-corrected chi connectivity index (χ0v) is 9.72. The Morgan fingerprint density at radius 1 is 1.37 bits per heavy atom. The topological polar surface area (TPSA) is 79.4 Å². The Labute approximate surface area is 107 Å². The highest BCUT2D eigenvalue weighted by Gasteiger charge is 2.07. The normalized spacial score (nSPS) is 10.2. The number of carboxylic acids is 1. The highest BCUT2D eigenvalue weighted by molar-refractivity contribution is 5.85. The number of pyridine rings is 1. The Balaban J connectivity index is 2.12. The molecule has 1 aromatic heterocycles. The zero-order chi connectivity index (χ0) is 13.8. The molecular formula is C13H10FNO4. The second-order valence-electron chi connectivity index (χ2n) is 3.80. The SMILES string of the molecule is O=C(O)c1cc(=O)c(OCc2cccc(F)c2)c[nH]1. The first-order valence-corrected chi connectivity index (χ1v) is 5.39. The molecule has 0 unspecified atom stereocenters. The Morgan fingerprint density at radius 2 is 2.16 bits per heavy atom. The molecule has 98 valence electrons. The zero-order valence-electron chi connectivity index (χ0n) is 9.72. The van der Waals surface area contributed by atoms with Crippen molar-refractivity contribution in [3.05, 3.63) is 63.8 Å². The van der Waals surface area contributed by atoms with Crippen molar-refractivity contribution in [2.24, 2.45) is 0 Å². The van der Waals surface area contributed by atoms with Gasteiger partial charge in [-0.1, -0.05) is 12.1 Å². The molecule has 0 aliphatic rings. The molecular weight excluding hydrogens is 253 g/mol. The number of aromatic amines is 1. The van der Waals surface area contributed by atoms with Gasteiger partial charge in [-0.05, 0) is 17.7 Å². The van der Waals surface area contributed by atoms with Gasteiger partial charge in [-0.25, -0.2) is 9.18 Å². The molecule has 5 nitrogen and oxygen atoms in total. The number of ether oxygens (including phenoxy) is 1. The second-order valence-corrected chi connectivity index (χ2v) is 3.80. The van der Waals surface area contributed by atoms with Crippen molar-refractivity contribution in [2.75, 3.05) is 0 Å². The molecule has 0 saturated carbocycles. The predicted molar refractivity (Wildman–Crippen MR) is 64.8 cm³/mol. The van der Waals surface area contributed by atoms with Crippen molar-refractivity contribution in [3.63, 3.8) is 0 Å². The third kappa shape index (κ3) is 3.19. The lowest BCUT2D eigenvalue weighted by molar-refractivity contribution is 0.0690. The van der Waals surface area contributed by atoms with E-state index in [4.69, 9.17) is 9.84 Å². The Kier molecular flexibility index (Phi) is 3.61. The summed E-state index contributed by atoms with van der Waals surface area (Å²) < 4.78 is 18.1. The van der Waals surface area contributed by atoms with Crippen molar-refractivity contribution in [2.45, 2.75) is 6.61 Å². The van der Waals surface area contributed by atoms with Crippen LogP contribution in [0, 0.1) is 5.82 Å². The first-order valence-electron chi connectivity index (χ1n) is 5.39. The third-order valence-corrected chi connectivity index (χ3v) is 2.39. The molecule has 0 amide bonds. The van der Waals surface area contributed by atoms with Crippen LogP contribution in [0.1, 0.15) is 16.1 Å². The standard InChI is InChI=1S/C13H10FNO4/c14-9-3-1-2-8(4-9)7-19-12-6-15-10(13(17)18)5-11(12)16/h1-6H,7H2,(H,15,16)(H,17,18). The number of H-pyrrole nitrogens is 1. The minimum absolute atomic E-state index is 0.0192. The van der Waals surface area contributed by atoms with E-state index in [0.29, 0.717) is 5.56 Å². The van der Waals surface area contributed by atoms with Crippen LogP contribution < -0.4 is 10.2 Å². The average molecular weight is 263 g/mol. The van der Waals surface area contributed by atoms with E-state index in [0.717, 1.165) is 6.07 Å². The number of carbonyl (C=O) groups is 1. The van der Waals surface area contributed by atoms with Gasteiger partial charge in [0.25, 0.3) is 0 Å². The summed E-state index contributed by atoms with van der Waals surface area (Å²) in [5, 5.41) is 8.69. The van der Waals surface area contributed by atoms with Crippen LogP contribution in [0.15, 0.2) is 41.3 Å². The monoisotopic (exact) mass is 263 g/mol. The lowest BCUT2D eigenvalue weighted by Crippen LogP contribution is -2.12. The number of nitrogens with one attached hydrogen (secondary N) is 1. The van der Waals surface area contributed by atoms with Gasteiger partial charge in [-0.3, -0.25) is 4.79 Å². The fraction of sp³-hybridized carbons (Fsp3) is 0.0769. The maximum Gasteiger partial charge on any atom is 0.352 e. The number of aromatic nitrogens is 1. The Morgan fingerprint density at radius 3 is 2.79 bits per heavy atom. The van der Waals surface area contributed by atoms with Crippen LogP contribution in [0.4, 0.5) is 4.39 Å². The molecule has 2 rings (SSSR count). The molecule has 0 aliphatic carbocycles. The lowest BCUT2D eigenvalue weighted by Gasteiger charge is -2.05. The van der Waals surface area contributed by atoms with Crippen LogP contribution in [0.2, 0.25) is 0 Å². The first-order chi connectivity index (χ1) is 9.06. The largest absolute Gasteiger partial charge is 0.483 e. The van der Waals surface area contributed by atoms with Crippen LogP contribution in [0.25, 0.3) is 0 Å². The molecule has 0 bridgehead atoms. The van der Waals surface area contributed by atoms with Crippen molar-refractivity contribution >= 4 is 5.97 Å². The summed E-state index contributed by atoms with van der Waals surface area (Å²) in [4.78, 5) is 24.6. The lowest BCUT2D eigenvalue weighted by atomic mass is 10.2. The van der Waals surface area contributed by atoms with Gasteiger partial charge in [-0.2, -0.15) is 0 Å². The number of halogens is 1. The van der Waals surface area contributed by atoms with E-state index in [1.807, 2.05) is 0 Å². The third-order valence-electron chi connectivity index (χ3n) is 2.39. The summed E-state index contributed by atoms with van der Waals surface area (Å²) in [7, 11) is 0. The molecule has 1 aromatic carbocycles. The van der Waals surface area contributed by atoms with Crippen LogP contribution in [-0.4, -0.2) is 16.1 Å². The number of rotatable bonds is 4. The van der Waals surface area contributed by atoms with Gasteiger partial charge in [0.05, 0.1) is 0 Å². The molecule has 1 heterocycles. The predicted octanol–water partition coefficient (Wildman–Crippen LogP) is 1.79. The maximum absolute atomic E-state index is 12.9. The van der Waals surface area contributed by atoms with Gasteiger partial charge >= 0.3 is 5.97 Å². The van der Waals surface area contributed by atoms with Crippen molar-refractivity contribution in [1.82, 2.24) is 4.98 Å². The Bertz CT molecular complexity index is 666. The number of hydrogen-bond acceptors (Lipinski definition) is 3. The van der Waals surface area contributed by atoms with Crippen LogP contribution >= 0.6 is 0 Å². The molecule has 0 radical (unpaired) electrons. The summed E-state index contributed by atoms with van der Waals surface area (Å²) in [6, 6.07) is 6.72. The van der Waals surface area contributed by atoms with Gasteiger partial charge < -0.3 is 14.8 Å². The van der Waals surface area contributed by atoms with E-state index < -0.39 is 17.2 Å². The second kappa shape index (κ2) is 5.34. The molecule has 19 heavy (non-hydrogen) atoms. The number of hydrogen-bond donors (Lipinski definition) is 2. The molecule has 0 saturated heterocycles. The van der Waals surface area contributed by atoms with Crippen molar-refractivity contribution in [1.29, 1.82) is 0 Å². The van der Waals surface area contributed by atoms with E-state index in [9.17, 15) is 14.0 Å². The van der Waals surface area contributed by atoms with Gasteiger partial charge in [0.1, 0.15) is 18.1 Å². The van der Waals surface area contributed by atoms with Gasteiger partial charge in [0.2, 0.25) is 5.43 Å². The molecule has 0 spiro atoms. The molecule has 6 heteroatoms. The Hall–Kier alpha value is -2.63. The summed E-state index contributed by atoms with van der Waals surface area (Å²) in [6.45, 7) is 0.0211. The molecule has 0 atom stereocenters. The summed E-state index contributed by atoms with van der Waals surface area (Å²) >= 11 is 0. The fourth-order valence-corrected chi connectivity index (χ4v) is 1.48. The van der Waals surface area contributed by atoms with Crippen LogP contribution in [0.3, 0.4) is 0 Å². The molecule has 0 aliphatic heterocycles. The number of benzene rings is 1. The number of aromatic carboxylic acids is 1. The van der Waals surface area contributed by atoms with E-state index in [1.54, 1.807) is 6.07 Å². The maximum atomic E-state index is 12.9. The van der Waals surface area contributed by atoms with Gasteiger partial charge in [0.15, 0.2) is 5.75 Å². The summed E-state index contributed by atoms with van der Waals surface area (Å²) in [5.41, 5.74) is -0.197. The minimum Gasteiger partial charge on any atom is -0.483 e. The van der Waals surface area contributed by atoms with E-state index in [1.165, 1.54) is 24.4 Å². The van der Waals surface area contributed by atoms with E-state index >= 15 is 0 Å². The highest BCUT2D eigenvalue weighted by atomic mass is 19.1. The van der Waals surface area contributed by atoms with E-state index in [2.05, 4.69) is 4.98 Å². The summed E-state index contributed by atoms with van der Waals surface area (Å²) in [6.07, 6.45) is 1.17. The van der Waals surface area contributed by atoms with Gasteiger partial charge in [0, 0.05) is 12.3 Å². The summed E-state index contributed by atoms with van der Waals surface area (Å²) in [5.74, 6) is -1.64. The minimum atomic E-state index is -1.23. The van der Waals surface area contributed by atoms with E-state index in [-0.39, 0.29) is 18.1 Å². The quantitative estimate of drug-likeness (QED) is 0.881. The molecule has 2 aromatic rings. The van der Waals surface area contributed by atoms with Crippen LogP contribution in [-0.2, 0) is 6.61 Å². The average Bonchev–Trinajstić information content (AvgIpc) is 2.37. The molecule has 0 fully saturated rings. The highest BCUT2D eigenvalue weighted by Crippen LogP contribution is 2.08.